The molecule has 1 saturated heterocycles. The summed E-state index contributed by atoms with van der Waals surface area (Å²) in [5.74, 6) is -2.75. The molecule has 0 unspecified atom stereocenters. The van der Waals surface area contributed by atoms with Crippen LogP contribution in [0.3, 0.4) is 0 Å². The Morgan fingerprint density at radius 3 is 1.21 bits per heavy atom. The number of alkyl halides is 12. The number of hydrogen-bond donors (Lipinski definition) is 3. The van der Waals surface area contributed by atoms with E-state index in [-0.39, 0.29) is 85.4 Å². The second kappa shape index (κ2) is 30.3. The Balaban J connectivity index is 0.850. The fourth-order valence-electron chi connectivity index (χ4n) is 15.0. The average Bonchev–Trinajstić information content (AvgIpc) is 1.57. The molecule has 0 aromatic heterocycles. The molecule has 0 spiro atoms. The first-order valence-electron chi connectivity index (χ1n) is 33.4. The maximum atomic E-state index is 15.6. The van der Waals surface area contributed by atoms with Gasteiger partial charge in [0.2, 0.25) is 11.8 Å². The molecule has 3 N–H and O–H groups in total. The third kappa shape index (κ3) is 15.7. The summed E-state index contributed by atoms with van der Waals surface area (Å²) in [6, 6.07) is 50.1. The van der Waals surface area contributed by atoms with Crippen molar-refractivity contribution < 1.29 is 71.9 Å². The van der Waals surface area contributed by atoms with Crippen molar-refractivity contribution in [3.05, 3.63) is 239 Å². The van der Waals surface area contributed by atoms with Crippen LogP contribution in [0, 0.1) is 0 Å². The van der Waals surface area contributed by atoms with Crippen molar-refractivity contribution in [1.29, 1.82) is 0 Å². The minimum Gasteiger partial charge on any atom is -0.352 e. The van der Waals surface area contributed by atoms with Crippen LogP contribution in [0.15, 0.2) is 194 Å². The first-order chi connectivity index (χ1) is 47.8. The van der Waals surface area contributed by atoms with Gasteiger partial charge in [-0.1, -0.05) is 183 Å². The Morgan fingerprint density at radius 2 is 0.770 bits per heavy atom. The topological polar surface area (TPSA) is 114 Å². The maximum Gasteiger partial charge on any atom is 0.417 e. The molecule has 0 bridgehead atoms. The molecule has 0 saturated carbocycles. The van der Waals surface area contributed by atoms with Crippen LogP contribution in [0.1, 0.15) is 112 Å². The zero-order chi connectivity index (χ0) is 71.0. The molecular weight excluding hydrogens is 1310 g/mol. The number of nitrogens with one attached hydrogen (secondary N) is 3. The SMILES string of the molecule is O=C(NCCCN(CCCCC1(C(=O)NCC(F)(F)F)c2ccccc2-c2ccccc21)CCN(C(=O)c1ccccc1-c1ccccc1C(F)(F)F)C1CCN(CCCCC2(C(=O)NCC(F)(F)F)c3ccccc3-c3ccccc32)CC1)c1ccccc1-c1ccccc1C(F)(F)F. The van der Waals surface area contributed by atoms with Crippen molar-refractivity contribution in [2.75, 3.05) is 65.4 Å². The number of benzene rings is 8. The zero-order valence-electron chi connectivity index (χ0n) is 54.5. The molecule has 3 aliphatic rings. The van der Waals surface area contributed by atoms with Gasteiger partial charge in [-0.15, -0.1) is 0 Å². The van der Waals surface area contributed by atoms with Crippen LogP contribution >= 0.6 is 0 Å². The Labute approximate surface area is 571 Å². The van der Waals surface area contributed by atoms with Gasteiger partial charge in [0.1, 0.15) is 23.9 Å². The number of nitrogens with zero attached hydrogens (tertiary/aromatic N) is 3. The second-order valence-electron chi connectivity index (χ2n) is 25.7. The van der Waals surface area contributed by atoms with E-state index in [9.17, 15) is 67.1 Å². The van der Waals surface area contributed by atoms with Crippen molar-refractivity contribution in [1.82, 2.24) is 30.7 Å². The summed E-state index contributed by atoms with van der Waals surface area (Å²) in [7, 11) is 0. The van der Waals surface area contributed by atoms with Crippen molar-refractivity contribution in [3.63, 3.8) is 0 Å². The first-order valence-corrected chi connectivity index (χ1v) is 33.4. The van der Waals surface area contributed by atoms with E-state index in [1.807, 2.05) is 41.3 Å². The van der Waals surface area contributed by atoms with Gasteiger partial charge < -0.3 is 30.7 Å². The monoisotopic (exact) mass is 1390 g/mol. The first kappa shape index (κ1) is 72.0. The molecule has 8 aromatic carbocycles. The molecule has 4 amide bonds. The Kier molecular flexibility index (Phi) is 21.8. The highest BCUT2D eigenvalue weighted by Gasteiger charge is 2.51. The molecule has 1 aliphatic heterocycles. The fraction of sp³-hybridized carbons (Fsp3) is 0.333. The van der Waals surface area contributed by atoms with E-state index in [1.54, 1.807) is 77.7 Å². The molecule has 100 heavy (non-hydrogen) atoms. The zero-order valence-corrected chi connectivity index (χ0v) is 54.5. The lowest BCUT2D eigenvalue weighted by atomic mass is 9.73. The molecule has 0 atom stereocenters. The van der Waals surface area contributed by atoms with E-state index >= 15 is 4.79 Å². The number of rotatable bonds is 26. The summed E-state index contributed by atoms with van der Waals surface area (Å²) in [4.78, 5) is 64.3. The Morgan fingerprint density at radius 1 is 0.400 bits per heavy atom. The number of fused-ring (bicyclic) bond motifs is 6. The van der Waals surface area contributed by atoms with Crippen LogP contribution in [0.4, 0.5) is 52.7 Å². The van der Waals surface area contributed by atoms with Crippen molar-refractivity contribution in [2.45, 2.75) is 99.4 Å². The summed E-state index contributed by atoms with van der Waals surface area (Å²) in [5.41, 5.74) is 0.228. The third-order valence-corrected chi connectivity index (χ3v) is 19.6. The maximum absolute atomic E-state index is 15.6. The van der Waals surface area contributed by atoms with E-state index in [0.717, 1.165) is 23.3 Å². The predicted molar refractivity (Wildman–Crippen MR) is 359 cm³/mol. The van der Waals surface area contributed by atoms with Crippen LogP contribution < -0.4 is 16.0 Å². The number of carbonyl (C=O) groups excluding carboxylic acids is 4. The number of hydrogen-bond acceptors (Lipinski definition) is 6. The van der Waals surface area contributed by atoms with E-state index < -0.39 is 89.4 Å². The van der Waals surface area contributed by atoms with Gasteiger partial charge in [-0.25, -0.2) is 0 Å². The summed E-state index contributed by atoms with van der Waals surface area (Å²) in [5, 5.41) is 7.22. The van der Waals surface area contributed by atoms with Crippen LogP contribution in [0.2, 0.25) is 0 Å². The van der Waals surface area contributed by atoms with Crippen molar-refractivity contribution in [3.8, 4) is 44.5 Å². The summed E-state index contributed by atoms with van der Waals surface area (Å²) in [6.07, 6.45) is -15.8. The van der Waals surface area contributed by atoms with E-state index in [0.29, 0.717) is 91.5 Å². The number of likely N-dealkylation sites (tertiary alicyclic amines) is 1. The molecule has 1 fully saturated rings. The van der Waals surface area contributed by atoms with Gasteiger partial charge >= 0.3 is 24.7 Å². The predicted octanol–water partition coefficient (Wildman–Crippen LogP) is 16.7. The van der Waals surface area contributed by atoms with Crippen LogP contribution in [-0.4, -0.2) is 122 Å². The van der Waals surface area contributed by atoms with E-state index in [1.165, 1.54) is 72.8 Å². The van der Waals surface area contributed by atoms with Gasteiger partial charge in [-0.05, 0) is 156 Å². The van der Waals surface area contributed by atoms with E-state index in [2.05, 4.69) is 20.9 Å². The minimum absolute atomic E-state index is 0.000195. The quantitative estimate of drug-likeness (QED) is 0.0368. The van der Waals surface area contributed by atoms with Gasteiger partial charge in [-0.2, -0.15) is 52.7 Å². The largest absolute Gasteiger partial charge is 0.417 e. The van der Waals surface area contributed by atoms with Crippen LogP contribution in [0.25, 0.3) is 44.5 Å². The van der Waals surface area contributed by atoms with Gasteiger partial charge in [0, 0.05) is 49.9 Å². The van der Waals surface area contributed by atoms with Gasteiger partial charge in [0.05, 0.1) is 11.1 Å². The molecule has 22 heteroatoms. The number of halogens is 12. The molecule has 10 nitrogen and oxygen atoms in total. The van der Waals surface area contributed by atoms with Crippen LogP contribution in [-0.2, 0) is 32.8 Å². The second-order valence-corrected chi connectivity index (χ2v) is 25.7. The highest BCUT2D eigenvalue weighted by atomic mass is 19.4. The Bertz CT molecular complexity index is 4150. The molecule has 2 aliphatic carbocycles. The highest BCUT2D eigenvalue weighted by Crippen LogP contribution is 2.54. The van der Waals surface area contributed by atoms with Gasteiger partial charge in [0.25, 0.3) is 11.8 Å². The molecular formula is C78H74F12N6O4. The Hall–Kier alpha value is -9.28. The van der Waals surface area contributed by atoms with E-state index in [4.69, 9.17) is 0 Å². The lowest BCUT2D eigenvalue weighted by Crippen LogP contribution is -2.50. The number of amides is 4. The molecule has 1 heterocycles. The van der Waals surface area contributed by atoms with Gasteiger partial charge in [-0.3, -0.25) is 19.2 Å². The number of unbranched alkanes of at least 4 members (excludes halogenated alkanes) is 2. The molecule has 0 radical (unpaired) electrons. The average molecular weight is 1390 g/mol. The highest BCUT2D eigenvalue weighted by molar-refractivity contribution is 6.04. The fourth-order valence-corrected chi connectivity index (χ4v) is 15.0. The van der Waals surface area contributed by atoms with Crippen LogP contribution in [0.5, 0.6) is 0 Å². The minimum atomic E-state index is -4.79. The lowest BCUT2D eigenvalue weighted by Gasteiger charge is -2.40. The van der Waals surface area contributed by atoms with Gasteiger partial charge in [0.15, 0.2) is 0 Å². The summed E-state index contributed by atoms with van der Waals surface area (Å²) < 4.78 is 170. The molecule has 524 valence electrons. The number of carbonyl (C=O) groups is 4. The smallest absolute Gasteiger partial charge is 0.352 e. The summed E-state index contributed by atoms with van der Waals surface area (Å²) in [6.45, 7) is -0.849. The lowest BCUT2D eigenvalue weighted by molar-refractivity contribution is -0.141. The van der Waals surface area contributed by atoms with Crippen molar-refractivity contribution >= 4 is 23.6 Å². The standard InChI is InChI=1S/C78H74F12N6O4/c79-75(80,81)50-92-71(99)73(63-32-11-5-26-57(63)58-27-6-12-33-64(58)73)40-17-19-43-94(45-21-42-91-69(97)61-30-3-1-22-53(61)55-24-9-15-36-67(55)77(85,86)87)48-49-96(70(98)62-31-4-2-23-54(62)56-25-10-16-37-68(56)78(88,89)90)52-38-46-95(47-39-52)44-20-18-41-74(72(100)93-51-76(82,83)84)65-34-13-7-28-59(65)60-29-8-14-35-66(60)74/h1-16,22-37,52H,17-21,38-51H2,(H,91,97)(H,92,99)(H,93,100). The molecule has 11 rings (SSSR count). The normalized spacial score (nSPS) is 15.0. The third-order valence-electron chi connectivity index (χ3n) is 19.6. The number of piperidine rings is 1. The molecule has 8 aromatic rings. The van der Waals surface area contributed by atoms with Crippen molar-refractivity contribution in [2.24, 2.45) is 0 Å². The summed E-state index contributed by atoms with van der Waals surface area (Å²) >= 11 is 0.